The molecule has 29 heavy (non-hydrogen) atoms. The van der Waals surface area contributed by atoms with E-state index in [0.29, 0.717) is 17.0 Å². The molecule has 1 aromatic heterocycles. The van der Waals surface area contributed by atoms with E-state index in [2.05, 4.69) is 5.10 Å². The molecule has 0 fully saturated rings. The van der Waals surface area contributed by atoms with Crippen molar-refractivity contribution in [3.8, 4) is 11.3 Å². The van der Waals surface area contributed by atoms with E-state index >= 15 is 0 Å². The first kappa shape index (κ1) is 18.7. The SMILES string of the molecule is CC1=NN(c2ccccc2)C(=O)/C1=C\c1ccc(-c2ccccc2C(F)(F)F)o1. The summed E-state index contributed by atoms with van der Waals surface area (Å²) < 4.78 is 45.4. The van der Waals surface area contributed by atoms with E-state index in [9.17, 15) is 18.0 Å². The molecule has 0 saturated heterocycles. The Bertz CT molecular complexity index is 1130. The lowest BCUT2D eigenvalue weighted by molar-refractivity contribution is -0.137. The third kappa shape index (κ3) is 3.59. The third-order valence-electron chi connectivity index (χ3n) is 4.47. The molecule has 3 aromatic rings. The Kier molecular flexibility index (Phi) is 4.58. The van der Waals surface area contributed by atoms with Crippen molar-refractivity contribution in [3.05, 3.63) is 83.6 Å². The van der Waals surface area contributed by atoms with Gasteiger partial charge in [-0.25, -0.2) is 0 Å². The predicted octanol–water partition coefficient (Wildman–Crippen LogP) is 5.77. The highest BCUT2D eigenvalue weighted by Gasteiger charge is 2.34. The number of nitrogens with zero attached hydrogens (tertiary/aromatic N) is 2. The fraction of sp³-hybridized carbons (Fsp3) is 0.0909. The van der Waals surface area contributed by atoms with Gasteiger partial charge in [0.2, 0.25) is 0 Å². The molecule has 2 aromatic carbocycles. The van der Waals surface area contributed by atoms with Gasteiger partial charge in [-0.2, -0.15) is 23.3 Å². The van der Waals surface area contributed by atoms with Gasteiger partial charge in [0.05, 0.1) is 22.5 Å². The average Bonchev–Trinajstić information content (AvgIpc) is 3.28. The zero-order chi connectivity index (χ0) is 20.6. The summed E-state index contributed by atoms with van der Waals surface area (Å²) in [6.45, 7) is 1.69. The molecular formula is C22H15F3N2O2. The number of furan rings is 1. The molecule has 1 aliphatic heterocycles. The minimum absolute atomic E-state index is 0.0568. The topological polar surface area (TPSA) is 45.8 Å². The number of carbonyl (C=O) groups excluding carboxylic acids is 1. The number of amides is 1. The maximum absolute atomic E-state index is 13.3. The predicted molar refractivity (Wildman–Crippen MR) is 104 cm³/mol. The number of alkyl halides is 3. The molecule has 4 rings (SSSR count). The maximum Gasteiger partial charge on any atom is 0.417 e. The van der Waals surface area contributed by atoms with Crippen LogP contribution in [0.2, 0.25) is 0 Å². The highest BCUT2D eigenvalue weighted by molar-refractivity contribution is 6.32. The number of halogens is 3. The Balaban J connectivity index is 1.66. The second kappa shape index (κ2) is 7.09. The number of carbonyl (C=O) groups is 1. The molecule has 0 saturated carbocycles. The minimum atomic E-state index is -4.50. The summed E-state index contributed by atoms with van der Waals surface area (Å²) in [6, 6.07) is 17.1. The summed E-state index contributed by atoms with van der Waals surface area (Å²) >= 11 is 0. The molecule has 0 aliphatic carbocycles. The highest BCUT2D eigenvalue weighted by atomic mass is 19.4. The summed E-state index contributed by atoms with van der Waals surface area (Å²) in [5, 5.41) is 5.55. The molecule has 146 valence electrons. The maximum atomic E-state index is 13.3. The second-order valence-electron chi connectivity index (χ2n) is 6.44. The van der Waals surface area contributed by atoms with Crippen molar-refractivity contribution >= 4 is 23.4 Å². The van der Waals surface area contributed by atoms with Gasteiger partial charge in [0.1, 0.15) is 11.5 Å². The van der Waals surface area contributed by atoms with Crippen LogP contribution in [0.15, 0.2) is 81.8 Å². The number of para-hydroxylation sites is 1. The van der Waals surface area contributed by atoms with Crippen LogP contribution in [0.3, 0.4) is 0 Å². The van der Waals surface area contributed by atoms with Crippen molar-refractivity contribution in [2.45, 2.75) is 13.1 Å². The standard InChI is InChI=1S/C22H15F3N2O2/c1-14-18(21(28)27(26-14)15-7-3-2-4-8-15)13-16-11-12-20(29-16)17-9-5-6-10-19(17)22(23,24)25/h2-13H,1H3/b18-13-. The van der Waals surface area contributed by atoms with E-state index in [0.717, 1.165) is 6.07 Å². The van der Waals surface area contributed by atoms with Crippen LogP contribution in [0.4, 0.5) is 18.9 Å². The fourth-order valence-corrected chi connectivity index (χ4v) is 3.09. The minimum Gasteiger partial charge on any atom is -0.457 e. The van der Waals surface area contributed by atoms with Crippen LogP contribution < -0.4 is 5.01 Å². The van der Waals surface area contributed by atoms with Crippen LogP contribution in [0, 0.1) is 0 Å². The van der Waals surface area contributed by atoms with Gasteiger partial charge in [-0.05, 0) is 43.3 Å². The van der Waals surface area contributed by atoms with Gasteiger partial charge in [0.15, 0.2) is 0 Å². The lowest BCUT2D eigenvalue weighted by Crippen LogP contribution is -2.21. The van der Waals surface area contributed by atoms with Crippen LogP contribution >= 0.6 is 0 Å². The van der Waals surface area contributed by atoms with Crippen molar-refractivity contribution in [2.75, 3.05) is 5.01 Å². The van der Waals surface area contributed by atoms with E-state index in [1.54, 1.807) is 31.2 Å². The van der Waals surface area contributed by atoms with Crippen molar-refractivity contribution in [3.63, 3.8) is 0 Å². The largest absolute Gasteiger partial charge is 0.457 e. The monoisotopic (exact) mass is 396 g/mol. The summed E-state index contributed by atoms with van der Waals surface area (Å²) in [5.41, 5.74) is 0.600. The van der Waals surface area contributed by atoms with Gasteiger partial charge in [-0.15, -0.1) is 0 Å². The zero-order valence-corrected chi connectivity index (χ0v) is 15.3. The van der Waals surface area contributed by atoms with Crippen molar-refractivity contribution in [2.24, 2.45) is 5.10 Å². The molecule has 1 aliphatic rings. The third-order valence-corrected chi connectivity index (χ3v) is 4.47. The summed E-state index contributed by atoms with van der Waals surface area (Å²) in [6.07, 6.45) is -3.01. The van der Waals surface area contributed by atoms with Crippen LogP contribution in [0.5, 0.6) is 0 Å². The zero-order valence-electron chi connectivity index (χ0n) is 15.3. The molecule has 7 heteroatoms. The summed E-state index contributed by atoms with van der Waals surface area (Å²) in [4.78, 5) is 12.7. The first-order valence-corrected chi connectivity index (χ1v) is 8.78. The van der Waals surface area contributed by atoms with Gasteiger partial charge >= 0.3 is 6.18 Å². The van der Waals surface area contributed by atoms with Crippen LogP contribution in [0.1, 0.15) is 18.2 Å². The summed E-state index contributed by atoms with van der Waals surface area (Å²) in [5.74, 6) is 0.0110. The van der Waals surface area contributed by atoms with Crippen molar-refractivity contribution in [1.29, 1.82) is 0 Å². The Morgan fingerprint density at radius 3 is 2.38 bits per heavy atom. The number of rotatable bonds is 3. The van der Waals surface area contributed by atoms with E-state index < -0.39 is 11.7 Å². The lowest BCUT2D eigenvalue weighted by Gasteiger charge is -2.11. The Morgan fingerprint density at radius 1 is 0.966 bits per heavy atom. The van der Waals surface area contributed by atoms with E-state index in [-0.39, 0.29) is 23.0 Å². The van der Waals surface area contributed by atoms with Gasteiger partial charge < -0.3 is 4.42 Å². The van der Waals surface area contributed by atoms with Gasteiger partial charge in [-0.3, -0.25) is 4.79 Å². The van der Waals surface area contributed by atoms with E-state index in [1.807, 2.05) is 6.07 Å². The number of hydrogen-bond donors (Lipinski definition) is 0. The van der Waals surface area contributed by atoms with Gasteiger partial charge in [0.25, 0.3) is 5.91 Å². The highest BCUT2D eigenvalue weighted by Crippen LogP contribution is 2.37. The molecule has 1 amide bonds. The van der Waals surface area contributed by atoms with E-state index in [1.165, 1.54) is 41.4 Å². The fourth-order valence-electron chi connectivity index (χ4n) is 3.09. The number of hydrazone groups is 1. The molecule has 0 spiro atoms. The van der Waals surface area contributed by atoms with Crippen molar-refractivity contribution < 1.29 is 22.4 Å². The van der Waals surface area contributed by atoms with Gasteiger partial charge in [-0.1, -0.05) is 36.4 Å². The lowest BCUT2D eigenvalue weighted by atomic mass is 10.1. The number of hydrogen-bond acceptors (Lipinski definition) is 3. The van der Waals surface area contributed by atoms with Crippen LogP contribution in [-0.4, -0.2) is 11.6 Å². The second-order valence-corrected chi connectivity index (χ2v) is 6.44. The van der Waals surface area contributed by atoms with Crippen LogP contribution in [0.25, 0.3) is 17.4 Å². The summed E-state index contributed by atoms with van der Waals surface area (Å²) in [7, 11) is 0. The number of anilines is 1. The first-order chi connectivity index (χ1) is 13.8. The molecule has 2 heterocycles. The van der Waals surface area contributed by atoms with E-state index in [4.69, 9.17) is 4.42 Å². The quantitative estimate of drug-likeness (QED) is 0.528. The van der Waals surface area contributed by atoms with Crippen LogP contribution in [-0.2, 0) is 11.0 Å². The molecule has 0 atom stereocenters. The molecule has 0 N–H and O–H groups in total. The first-order valence-electron chi connectivity index (χ1n) is 8.78. The molecule has 0 unspecified atom stereocenters. The number of benzene rings is 2. The Hall–Kier alpha value is -3.61. The van der Waals surface area contributed by atoms with Crippen molar-refractivity contribution in [1.82, 2.24) is 0 Å². The van der Waals surface area contributed by atoms with Gasteiger partial charge in [0, 0.05) is 5.56 Å². The molecule has 0 bridgehead atoms. The average molecular weight is 396 g/mol. The smallest absolute Gasteiger partial charge is 0.417 e. The Morgan fingerprint density at radius 2 is 1.66 bits per heavy atom. The molecule has 4 nitrogen and oxygen atoms in total. The Labute approximate surface area is 164 Å². The molecular weight excluding hydrogens is 381 g/mol. The normalized spacial score (nSPS) is 15.9. The molecule has 0 radical (unpaired) electrons.